The van der Waals surface area contributed by atoms with Crippen LogP contribution >= 0.6 is 24.0 Å². The Labute approximate surface area is 178 Å². The largest absolute Gasteiger partial charge is 0.454 e. The highest BCUT2D eigenvalue weighted by molar-refractivity contribution is 14.0. The molecule has 1 aromatic carbocycles. The maximum absolute atomic E-state index is 5.46. The van der Waals surface area contributed by atoms with Crippen molar-refractivity contribution in [1.29, 1.82) is 0 Å². The molecule has 2 heterocycles. The zero-order chi connectivity index (χ0) is 18.4. The number of benzene rings is 1. The fourth-order valence-corrected chi connectivity index (χ4v) is 2.92. The number of nitrogens with zero attached hydrogens (tertiary/aromatic N) is 3. The van der Waals surface area contributed by atoms with Gasteiger partial charge in [0.1, 0.15) is 0 Å². The van der Waals surface area contributed by atoms with Crippen LogP contribution in [0, 0.1) is 6.92 Å². The predicted molar refractivity (Wildman–Crippen MR) is 118 cm³/mol. The SMILES string of the molecule is CCNC(=NCCc1ccncc1C)N(C)Cc1ccc2c(c1)OCO2.I. The number of guanidine groups is 1. The molecular weight excluding hydrogens is 455 g/mol. The zero-order valence-corrected chi connectivity index (χ0v) is 18.4. The van der Waals surface area contributed by atoms with E-state index in [1.807, 2.05) is 31.6 Å². The van der Waals surface area contributed by atoms with Crippen molar-refractivity contribution in [3.05, 3.63) is 53.3 Å². The van der Waals surface area contributed by atoms with Crippen LogP contribution in [0.15, 0.2) is 41.7 Å². The van der Waals surface area contributed by atoms with Gasteiger partial charge in [0.15, 0.2) is 17.5 Å². The molecule has 0 aliphatic carbocycles. The number of hydrogen-bond acceptors (Lipinski definition) is 4. The standard InChI is InChI=1S/C20H26N4O2.HI/c1-4-22-20(23-10-8-17-7-9-21-12-15(17)2)24(3)13-16-5-6-18-19(11-16)26-14-25-18;/h5-7,9,11-12H,4,8,10,13-14H2,1-3H3,(H,22,23);1H. The molecule has 0 saturated heterocycles. The molecule has 0 unspecified atom stereocenters. The van der Waals surface area contributed by atoms with E-state index < -0.39 is 0 Å². The third kappa shape index (κ3) is 5.72. The monoisotopic (exact) mass is 482 g/mol. The van der Waals surface area contributed by atoms with Gasteiger partial charge < -0.3 is 19.7 Å². The molecule has 3 rings (SSSR count). The Hall–Kier alpha value is -2.03. The second kappa shape index (κ2) is 10.3. The van der Waals surface area contributed by atoms with Crippen molar-refractivity contribution in [3.8, 4) is 11.5 Å². The maximum Gasteiger partial charge on any atom is 0.231 e. The average Bonchev–Trinajstić information content (AvgIpc) is 3.10. The van der Waals surface area contributed by atoms with E-state index in [1.165, 1.54) is 11.1 Å². The smallest absolute Gasteiger partial charge is 0.231 e. The van der Waals surface area contributed by atoms with E-state index in [1.54, 1.807) is 0 Å². The Morgan fingerprint density at radius 3 is 2.85 bits per heavy atom. The number of aliphatic imine (C=N–C) groups is 1. The summed E-state index contributed by atoms with van der Waals surface area (Å²) in [6, 6.07) is 8.12. The van der Waals surface area contributed by atoms with Gasteiger partial charge in [0, 0.05) is 39.1 Å². The molecule has 27 heavy (non-hydrogen) atoms. The molecule has 0 bridgehead atoms. The van der Waals surface area contributed by atoms with Gasteiger partial charge in [0.2, 0.25) is 6.79 Å². The lowest BCUT2D eigenvalue weighted by molar-refractivity contribution is 0.174. The lowest BCUT2D eigenvalue weighted by Gasteiger charge is -2.22. The summed E-state index contributed by atoms with van der Waals surface area (Å²) in [7, 11) is 2.05. The lowest BCUT2D eigenvalue weighted by atomic mass is 10.1. The summed E-state index contributed by atoms with van der Waals surface area (Å²) in [6.45, 7) is 6.78. The Balaban J connectivity index is 0.00000261. The van der Waals surface area contributed by atoms with Crippen LogP contribution in [-0.2, 0) is 13.0 Å². The van der Waals surface area contributed by atoms with Gasteiger partial charge in [-0.3, -0.25) is 9.98 Å². The number of pyridine rings is 1. The van der Waals surface area contributed by atoms with Crippen molar-refractivity contribution >= 4 is 29.9 Å². The van der Waals surface area contributed by atoms with Crippen molar-refractivity contribution in [2.45, 2.75) is 26.8 Å². The van der Waals surface area contributed by atoms with Crippen molar-refractivity contribution in [2.75, 3.05) is 26.9 Å². The summed E-state index contributed by atoms with van der Waals surface area (Å²) in [5, 5.41) is 3.36. The third-order valence-electron chi connectivity index (χ3n) is 4.33. The fourth-order valence-electron chi connectivity index (χ4n) is 2.92. The van der Waals surface area contributed by atoms with Crippen LogP contribution in [0.1, 0.15) is 23.6 Å². The molecule has 0 saturated carbocycles. The van der Waals surface area contributed by atoms with Crippen LogP contribution in [0.2, 0.25) is 0 Å². The molecule has 1 aromatic heterocycles. The first-order valence-electron chi connectivity index (χ1n) is 8.95. The highest BCUT2D eigenvalue weighted by atomic mass is 127. The summed E-state index contributed by atoms with van der Waals surface area (Å²) in [5.41, 5.74) is 3.66. The second-order valence-corrected chi connectivity index (χ2v) is 6.33. The molecule has 0 amide bonds. The summed E-state index contributed by atoms with van der Waals surface area (Å²) in [5.74, 6) is 2.52. The Bertz CT molecular complexity index is 782. The summed E-state index contributed by atoms with van der Waals surface area (Å²) < 4.78 is 10.8. The molecular formula is C20H27IN4O2. The number of ether oxygens (including phenoxy) is 2. The minimum Gasteiger partial charge on any atom is -0.454 e. The molecule has 0 fully saturated rings. The first kappa shape index (κ1) is 21.3. The highest BCUT2D eigenvalue weighted by Crippen LogP contribution is 2.32. The number of aromatic nitrogens is 1. The van der Waals surface area contributed by atoms with Crippen LogP contribution in [0.3, 0.4) is 0 Å². The first-order valence-corrected chi connectivity index (χ1v) is 8.95. The zero-order valence-electron chi connectivity index (χ0n) is 16.1. The first-order chi connectivity index (χ1) is 12.7. The molecule has 146 valence electrons. The number of rotatable bonds is 6. The van der Waals surface area contributed by atoms with Gasteiger partial charge in [-0.1, -0.05) is 6.07 Å². The van der Waals surface area contributed by atoms with Gasteiger partial charge in [-0.25, -0.2) is 0 Å². The van der Waals surface area contributed by atoms with Crippen molar-refractivity contribution in [3.63, 3.8) is 0 Å². The van der Waals surface area contributed by atoms with Gasteiger partial charge in [-0.15, -0.1) is 24.0 Å². The van der Waals surface area contributed by atoms with Gasteiger partial charge in [-0.2, -0.15) is 0 Å². The number of hydrogen-bond donors (Lipinski definition) is 1. The summed E-state index contributed by atoms with van der Waals surface area (Å²) in [6.07, 6.45) is 4.64. The molecule has 6 nitrogen and oxygen atoms in total. The van der Waals surface area contributed by atoms with E-state index in [-0.39, 0.29) is 24.0 Å². The minimum absolute atomic E-state index is 0. The van der Waals surface area contributed by atoms with Crippen LogP contribution < -0.4 is 14.8 Å². The van der Waals surface area contributed by atoms with Gasteiger partial charge >= 0.3 is 0 Å². The van der Waals surface area contributed by atoms with Crippen LogP contribution in [-0.4, -0.2) is 42.8 Å². The topological polar surface area (TPSA) is 59.0 Å². The van der Waals surface area contributed by atoms with Gasteiger partial charge in [0.25, 0.3) is 0 Å². The van der Waals surface area contributed by atoms with E-state index >= 15 is 0 Å². The van der Waals surface area contributed by atoms with Crippen molar-refractivity contribution in [1.82, 2.24) is 15.2 Å². The number of fused-ring (bicyclic) bond motifs is 1. The molecule has 1 N–H and O–H groups in total. The van der Waals surface area contributed by atoms with E-state index in [9.17, 15) is 0 Å². The van der Waals surface area contributed by atoms with Gasteiger partial charge in [0.05, 0.1) is 0 Å². The lowest BCUT2D eigenvalue weighted by Crippen LogP contribution is -2.38. The second-order valence-electron chi connectivity index (χ2n) is 6.33. The third-order valence-corrected chi connectivity index (χ3v) is 4.33. The molecule has 1 aliphatic heterocycles. The number of nitrogens with one attached hydrogen (secondary N) is 1. The van der Waals surface area contributed by atoms with E-state index in [4.69, 9.17) is 14.5 Å². The summed E-state index contributed by atoms with van der Waals surface area (Å²) >= 11 is 0. The molecule has 0 spiro atoms. The number of halogens is 1. The average molecular weight is 482 g/mol. The van der Waals surface area contributed by atoms with Gasteiger partial charge in [-0.05, 0) is 55.2 Å². The Kier molecular flexibility index (Phi) is 8.15. The quantitative estimate of drug-likeness (QED) is 0.389. The Morgan fingerprint density at radius 2 is 2.07 bits per heavy atom. The van der Waals surface area contributed by atoms with Crippen molar-refractivity contribution in [2.24, 2.45) is 4.99 Å². The van der Waals surface area contributed by atoms with Crippen LogP contribution in [0.4, 0.5) is 0 Å². The fraction of sp³-hybridized carbons (Fsp3) is 0.400. The van der Waals surface area contributed by atoms with Crippen molar-refractivity contribution < 1.29 is 9.47 Å². The van der Waals surface area contributed by atoms with E-state index in [2.05, 4.69) is 41.2 Å². The normalized spacial score (nSPS) is 12.5. The Morgan fingerprint density at radius 1 is 1.26 bits per heavy atom. The predicted octanol–water partition coefficient (Wildman–Crippen LogP) is 3.38. The molecule has 0 atom stereocenters. The number of aryl methyl sites for hydroxylation is 1. The summed E-state index contributed by atoms with van der Waals surface area (Å²) in [4.78, 5) is 11.0. The maximum atomic E-state index is 5.46. The molecule has 1 aliphatic rings. The van der Waals surface area contributed by atoms with Crippen LogP contribution in [0.25, 0.3) is 0 Å². The van der Waals surface area contributed by atoms with E-state index in [0.29, 0.717) is 6.79 Å². The van der Waals surface area contributed by atoms with Crippen LogP contribution in [0.5, 0.6) is 11.5 Å². The molecule has 7 heteroatoms. The molecule has 0 radical (unpaired) electrons. The van der Waals surface area contributed by atoms with E-state index in [0.717, 1.165) is 49.1 Å². The molecule has 2 aromatic rings. The minimum atomic E-state index is 0. The highest BCUT2D eigenvalue weighted by Gasteiger charge is 2.14.